The van der Waals surface area contributed by atoms with Crippen LogP contribution >= 0.6 is 0 Å². The van der Waals surface area contributed by atoms with Crippen molar-refractivity contribution in [3.63, 3.8) is 0 Å². The van der Waals surface area contributed by atoms with Gasteiger partial charge in [-0.1, -0.05) is 25.3 Å². The molecule has 1 rings (SSSR count). The van der Waals surface area contributed by atoms with E-state index in [0.717, 1.165) is 6.61 Å². The summed E-state index contributed by atoms with van der Waals surface area (Å²) >= 11 is 0. The Hall–Kier alpha value is -0.303. The van der Waals surface area contributed by atoms with Crippen LogP contribution in [0.4, 0.5) is 0 Å². The van der Waals surface area contributed by atoms with Gasteiger partial charge < -0.3 is 4.74 Å². The van der Waals surface area contributed by atoms with Gasteiger partial charge in [-0.2, -0.15) is 0 Å². The van der Waals surface area contributed by atoms with Gasteiger partial charge in [0.15, 0.2) is 0 Å². The average molecular weight is 196 g/mol. The standard InChI is InChI=1S/C11H20OSi/c1-13(2,3)10-6-8-11-7-4-5-9-12-11/h8,10-11H,4-5,7,9H2,1-3H3. The normalized spacial score (nSPS) is 23.5. The van der Waals surface area contributed by atoms with E-state index in [-0.39, 0.29) is 0 Å². The first-order chi connectivity index (χ1) is 6.08. The van der Waals surface area contributed by atoms with Gasteiger partial charge in [0.05, 0.1) is 14.2 Å². The largest absolute Gasteiger partial charge is 0.374 e. The van der Waals surface area contributed by atoms with Gasteiger partial charge in [0.1, 0.15) is 0 Å². The highest BCUT2D eigenvalue weighted by Crippen LogP contribution is 2.13. The fourth-order valence-electron chi connectivity index (χ4n) is 1.30. The number of rotatable bonds is 2. The minimum absolute atomic E-state index is 0.335. The third-order valence-electron chi connectivity index (χ3n) is 2.01. The fraction of sp³-hybridized carbons (Fsp3) is 0.727. The summed E-state index contributed by atoms with van der Waals surface area (Å²) in [5.41, 5.74) is 5.52. The maximum Gasteiger partial charge on any atom is 0.0829 e. The molecule has 0 aromatic rings. The van der Waals surface area contributed by atoms with E-state index in [2.05, 4.69) is 37.1 Å². The number of hydrogen-bond donors (Lipinski definition) is 0. The Morgan fingerprint density at radius 3 is 2.62 bits per heavy atom. The van der Waals surface area contributed by atoms with E-state index in [9.17, 15) is 0 Å². The first-order valence-corrected chi connectivity index (χ1v) is 8.71. The highest BCUT2D eigenvalue weighted by atomic mass is 28.3. The van der Waals surface area contributed by atoms with Gasteiger partial charge in [-0.05, 0) is 25.3 Å². The van der Waals surface area contributed by atoms with E-state index >= 15 is 0 Å². The van der Waals surface area contributed by atoms with Gasteiger partial charge in [0.25, 0.3) is 0 Å². The fourth-order valence-corrected chi connectivity index (χ4v) is 1.90. The molecular weight excluding hydrogens is 176 g/mol. The second-order valence-electron chi connectivity index (χ2n) is 4.75. The van der Waals surface area contributed by atoms with Crippen molar-refractivity contribution in [2.45, 2.75) is 45.0 Å². The van der Waals surface area contributed by atoms with E-state index in [1.165, 1.54) is 19.3 Å². The molecule has 0 radical (unpaired) electrons. The molecule has 1 atom stereocenters. The topological polar surface area (TPSA) is 9.23 Å². The zero-order valence-corrected chi connectivity index (χ0v) is 9.97. The number of ether oxygens (including phenoxy) is 1. The molecule has 1 aliphatic heterocycles. The lowest BCUT2D eigenvalue weighted by atomic mass is 10.1. The monoisotopic (exact) mass is 196 g/mol. The first kappa shape index (κ1) is 10.8. The molecular formula is C11H20OSi. The van der Waals surface area contributed by atoms with E-state index in [1.54, 1.807) is 0 Å². The van der Waals surface area contributed by atoms with Gasteiger partial charge in [-0.15, -0.1) is 5.73 Å². The van der Waals surface area contributed by atoms with Gasteiger partial charge >= 0.3 is 0 Å². The van der Waals surface area contributed by atoms with Crippen LogP contribution in [0.5, 0.6) is 0 Å². The van der Waals surface area contributed by atoms with Crippen molar-refractivity contribution in [3.8, 4) is 0 Å². The minimum Gasteiger partial charge on any atom is -0.374 e. The smallest absolute Gasteiger partial charge is 0.0829 e. The van der Waals surface area contributed by atoms with E-state index in [1.807, 2.05) is 0 Å². The third-order valence-corrected chi connectivity index (χ3v) is 3.05. The first-order valence-electron chi connectivity index (χ1n) is 5.13. The highest BCUT2D eigenvalue weighted by Gasteiger charge is 2.10. The summed E-state index contributed by atoms with van der Waals surface area (Å²) < 4.78 is 5.57. The predicted molar refractivity (Wildman–Crippen MR) is 59.6 cm³/mol. The van der Waals surface area contributed by atoms with E-state index in [0.29, 0.717) is 6.10 Å². The van der Waals surface area contributed by atoms with Crippen LogP contribution in [0.3, 0.4) is 0 Å². The van der Waals surface area contributed by atoms with Crippen molar-refractivity contribution in [1.29, 1.82) is 0 Å². The third kappa shape index (κ3) is 5.09. The molecule has 1 fully saturated rings. The molecule has 1 saturated heterocycles. The summed E-state index contributed by atoms with van der Waals surface area (Å²) in [4.78, 5) is 0. The molecule has 1 unspecified atom stereocenters. The highest BCUT2D eigenvalue weighted by molar-refractivity contribution is 6.80. The SMILES string of the molecule is C[Si](C)(C)C=C=CC1CCCCO1. The Bertz CT molecular complexity index is 203. The van der Waals surface area contributed by atoms with Crippen molar-refractivity contribution in [1.82, 2.24) is 0 Å². The molecule has 74 valence electrons. The second-order valence-corrected chi connectivity index (χ2v) is 9.77. The molecule has 0 N–H and O–H groups in total. The van der Waals surface area contributed by atoms with Crippen molar-refractivity contribution >= 4 is 8.07 Å². The molecule has 1 heterocycles. The van der Waals surface area contributed by atoms with Crippen LogP contribution in [-0.4, -0.2) is 20.8 Å². The summed E-state index contributed by atoms with van der Waals surface area (Å²) in [6.07, 6.45) is 6.13. The molecule has 0 aliphatic carbocycles. The van der Waals surface area contributed by atoms with Crippen LogP contribution < -0.4 is 0 Å². The van der Waals surface area contributed by atoms with Gasteiger partial charge in [0.2, 0.25) is 0 Å². The maximum atomic E-state index is 5.57. The molecule has 1 aliphatic rings. The molecule has 2 heteroatoms. The summed E-state index contributed by atoms with van der Waals surface area (Å²) in [5, 5.41) is 0. The van der Waals surface area contributed by atoms with Crippen LogP contribution in [0.2, 0.25) is 19.6 Å². The summed E-state index contributed by atoms with van der Waals surface area (Å²) in [6, 6.07) is 0. The quantitative estimate of drug-likeness (QED) is 0.487. The van der Waals surface area contributed by atoms with Crippen LogP contribution in [0, 0.1) is 0 Å². The van der Waals surface area contributed by atoms with E-state index in [4.69, 9.17) is 4.74 Å². The minimum atomic E-state index is -1.06. The van der Waals surface area contributed by atoms with Gasteiger partial charge in [-0.3, -0.25) is 0 Å². The van der Waals surface area contributed by atoms with Crippen molar-refractivity contribution in [3.05, 3.63) is 17.5 Å². The number of hydrogen-bond acceptors (Lipinski definition) is 1. The summed E-state index contributed by atoms with van der Waals surface area (Å²) in [5.74, 6) is 0. The molecule has 1 nitrogen and oxygen atoms in total. The Kier molecular flexibility index (Phi) is 3.98. The van der Waals surface area contributed by atoms with Crippen molar-refractivity contribution < 1.29 is 4.74 Å². The Morgan fingerprint density at radius 1 is 1.31 bits per heavy atom. The zero-order chi connectivity index (χ0) is 9.73. The Balaban J connectivity index is 2.42. The zero-order valence-electron chi connectivity index (χ0n) is 8.97. The van der Waals surface area contributed by atoms with Crippen LogP contribution in [0.25, 0.3) is 0 Å². The summed E-state index contributed by atoms with van der Waals surface area (Å²) in [6.45, 7) is 7.87. The Morgan fingerprint density at radius 2 is 2.08 bits per heavy atom. The van der Waals surface area contributed by atoms with Crippen LogP contribution in [0.1, 0.15) is 19.3 Å². The lowest BCUT2D eigenvalue weighted by Gasteiger charge is -2.18. The average Bonchev–Trinajstić information content (AvgIpc) is 2.04. The molecule has 0 aromatic carbocycles. The van der Waals surface area contributed by atoms with E-state index < -0.39 is 8.07 Å². The molecule has 0 amide bonds. The lowest BCUT2D eigenvalue weighted by molar-refractivity contribution is 0.0467. The molecule has 13 heavy (non-hydrogen) atoms. The molecule has 0 spiro atoms. The van der Waals surface area contributed by atoms with Gasteiger partial charge in [0, 0.05) is 6.61 Å². The van der Waals surface area contributed by atoms with Crippen LogP contribution in [-0.2, 0) is 4.74 Å². The summed E-state index contributed by atoms with van der Waals surface area (Å²) in [7, 11) is -1.06. The predicted octanol–water partition coefficient (Wildman–Crippen LogP) is 3.14. The molecule has 0 saturated carbocycles. The van der Waals surface area contributed by atoms with Crippen LogP contribution in [0.15, 0.2) is 17.5 Å². The van der Waals surface area contributed by atoms with Crippen molar-refractivity contribution in [2.24, 2.45) is 0 Å². The van der Waals surface area contributed by atoms with Crippen molar-refractivity contribution in [2.75, 3.05) is 6.61 Å². The lowest BCUT2D eigenvalue weighted by Crippen LogP contribution is -2.17. The maximum absolute atomic E-state index is 5.57. The Labute approximate surface area is 82.5 Å². The second kappa shape index (κ2) is 4.80. The molecule has 0 aromatic heterocycles. The molecule has 0 bridgehead atoms. The van der Waals surface area contributed by atoms with Gasteiger partial charge in [-0.25, -0.2) is 0 Å².